The maximum Gasteiger partial charge on any atom is 0.254 e. The molecule has 1 atom stereocenters. The average Bonchev–Trinajstić information content (AvgIpc) is 3.13. The molecule has 0 saturated carbocycles. The fourth-order valence-corrected chi connectivity index (χ4v) is 4.06. The highest BCUT2D eigenvalue weighted by Gasteiger charge is 2.28. The molecule has 1 aliphatic heterocycles. The third-order valence-electron chi connectivity index (χ3n) is 5.66. The van der Waals surface area contributed by atoms with Crippen LogP contribution >= 0.6 is 0 Å². The van der Waals surface area contributed by atoms with E-state index in [2.05, 4.69) is 11.3 Å². The fraction of sp³-hybridized carbons (Fsp3) is 0.261. The van der Waals surface area contributed by atoms with Gasteiger partial charge in [0, 0.05) is 18.5 Å². The van der Waals surface area contributed by atoms with Crippen molar-refractivity contribution < 1.29 is 9.18 Å². The predicted molar refractivity (Wildman–Crippen MR) is 115 cm³/mol. The number of anilines is 1. The molecule has 4 rings (SSSR count). The number of likely N-dealkylation sites (tertiary alicyclic amines) is 1. The number of benzene rings is 2. The number of nitrogen functional groups attached to an aromatic ring is 1. The van der Waals surface area contributed by atoms with Gasteiger partial charge in [-0.05, 0) is 30.0 Å². The van der Waals surface area contributed by atoms with Gasteiger partial charge in [0.15, 0.2) is 6.19 Å². The van der Waals surface area contributed by atoms with E-state index in [9.17, 15) is 14.4 Å². The molecule has 8 heteroatoms. The minimum absolute atomic E-state index is 0.111. The van der Waals surface area contributed by atoms with Gasteiger partial charge in [-0.1, -0.05) is 42.5 Å². The highest BCUT2D eigenvalue weighted by atomic mass is 19.1. The van der Waals surface area contributed by atoms with Gasteiger partial charge in [-0.3, -0.25) is 4.79 Å². The number of carbonyl (C=O) groups excluding carboxylic acids is 1. The van der Waals surface area contributed by atoms with Crippen molar-refractivity contribution >= 4 is 11.7 Å². The second-order valence-corrected chi connectivity index (χ2v) is 7.72. The van der Waals surface area contributed by atoms with Crippen molar-refractivity contribution in [3.63, 3.8) is 0 Å². The van der Waals surface area contributed by atoms with Crippen LogP contribution in [0.2, 0.25) is 0 Å². The summed E-state index contributed by atoms with van der Waals surface area (Å²) in [5, 5.41) is 13.8. The first-order valence-corrected chi connectivity index (χ1v) is 10.1. The number of nitrogens with zero attached hydrogens (tertiary/aromatic N) is 4. The number of halogens is 1. The molecule has 1 saturated heterocycles. The van der Waals surface area contributed by atoms with Gasteiger partial charge in [0.2, 0.25) is 0 Å². The zero-order valence-corrected chi connectivity index (χ0v) is 17.0. The van der Waals surface area contributed by atoms with E-state index >= 15 is 0 Å². The van der Waals surface area contributed by atoms with Crippen LogP contribution in [0, 0.1) is 17.3 Å². The molecule has 0 spiro atoms. The van der Waals surface area contributed by atoms with Crippen molar-refractivity contribution in [1.29, 1.82) is 5.26 Å². The minimum atomic E-state index is -0.651. The summed E-state index contributed by atoms with van der Waals surface area (Å²) < 4.78 is 15.6. The molecule has 2 aromatic carbocycles. The van der Waals surface area contributed by atoms with Crippen molar-refractivity contribution in [3.8, 4) is 17.5 Å². The third-order valence-corrected chi connectivity index (χ3v) is 5.66. The van der Waals surface area contributed by atoms with Gasteiger partial charge < -0.3 is 16.4 Å². The molecule has 158 valence electrons. The Balaban J connectivity index is 1.65. The van der Waals surface area contributed by atoms with Crippen molar-refractivity contribution in [2.75, 3.05) is 18.8 Å². The van der Waals surface area contributed by atoms with Crippen LogP contribution < -0.4 is 11.5 Å². The second kappa shape index (κ2) is 8.48. The lowest BCUT2D eigenvalue weighted by Gasteiger charge is -2.29. The van der Waals surface area contributed by atoms with Crippen LogP contribution in [0.1, 0.15) is 40.4 Å². The van der Waals surface area contributed by atoms with Crippen LogP contribution in [-0.4, -0.2) is 33.7 Å². The summed E-state index contributed by atoms with van der Waals surface area (Å²) in [5.41, 5.74) is 14.7. The number of primary amides is 1. The molecule has 1 aliphatic rings. The van der Waals surface area contributed by atoms with Gasteiger partial charge in [0.05, 0.1) is 12.6 Å². The quantitative estimate of drug-likeness (QED) is 0.618. The Kier molecular flexibility index (Phi) is 5.58. The van der Waals surface area contributed by atoms with Crippen LogP contribution in [0.5, 0.6) is 0 Å². The molecule has 1 aromatic heterocycles. The lowest BCUT2D eigenvalue weighted by Crippen LogP contribution is -2.34. The summed E-state index contributed by atoms with van der Waals surface area (Å²) in [4.78, 5) is 13.8. The van der Waals surface area contributed by atoms with E-state index in [0.717, 1.165) is 18.4 Å². The number of amides is 1. The topological polar surface area (TPSA) is 114 Å². The van der Waals surface area contributed by atoms with Crippen LogP contribution in [0.3, 0.4) is 0 Å². The molecule has 0 radical (unpaired) electrons. The smallest absolute Gasteiger partial charge is 0.254 e. The van der Waals surface area contributed by atoms with E-state index in [4.69, 9.17) is 11.5 Å². The Morgan fingerprint density at radius 1 is 1.23 bits per heavy atom. The lowest BCUT2D eigenvalue weighted by molar-refractivity contribution is 0.100. The van der Waals surface area contributed by atoms with Crippen molar-refractivity contribution in [3.05, 3.63) is 71.0 Å². The Labute approximate surface area is 179 Å². The molecule has 0 unspecified atom stereocenters. The number of piperidine rings is 1. The largest absolute Gasteiger partial charge is 0.383 e. The zero-order chi connectivity index (χ0) is 22.0. The number of nitriles is 1. The van der Waals surface area contributed by atoms with Gasteiger partial charge in [0.25, 0.3) is 5.91 Å². The fourth-order valence-electron chi connectivity index (χ4n) is 4.06. The van der Waals surface area contributed by atoms with Gasteiger partial charge in [-0.25, -0.2) is 9.07 Å². The van der Waals surface area contributed by atoms with Crippen LogP contribution in [0.4, 0.5) is 10.2 Å². The maximum atomic E-state index is 13.9. The number of aromatic nitrogens is 2. The Bertz CT molecular complexity index is 1150. The summed E-state index contributed by atoms with van der Waals surface area (Å²) in [6.07, 6.45) is 4.26. The Morgan fingerprint density at radius 3 is 2.65 bits per heavy atom. The van der Waals surface area contributed by atoms with Gasteiger partial charge in [-0.15, -0.1) is 0 Å². The first kappa shape index (κ1) is 20.4. The van der Waals surface area contributed by atoms with Crippen LogP contribution in [0.25, 0.3) is 11.3 Å². The van der Waals surface area contributed by atoms with Crippen molar-refractivity contribution in [1.82, 2.24) is 14.7 Å². The summed E-state index contributed by atoms with van der Waals surface area (Å²) in [5.74, 6) is -0.683. The number of hydrogen-bond acceptors (Lipinski definition) is 5. The van der Waals surface area contributed by atoms with Gasteiger partial charge in [0.1, 0.15) is 22.9 Å². The Hall–Kier alpha value is -3.86. The van der Waals surface area contributed by atoms with E-state index in [1.54, 1.807) is 27.8 Å². The van der Waals surface area contributed by atoms with E-state index in [1.165, 1.54) is 6.07 Å². The molecule has 0 bridgehead atoms. The molecule has 7 nitrogen and oxygen atoms in total. The number of rotatable bonds is 5. The molecule has 0 aliphatic carbocycles. The van der Waals surface area contributed by atoms with Crippen molar-refractivity contribution in [2.24, 2.45) is 5.73 Å². The maximum absolute atomic E-state index is 13.9. The summed E-state index contributed by atoms with van der Waals surface area (Å²) in [7, 11) is 0. The summed E-state index contributed by atoms with van der Waals surface area (Å²) in [6, 6.07) is 14.0. The molecule has 2 heterocycles. The molecule has 1 fully saturated rings. The van der Waals surface area contributed by atoms with Crippen molar-refractivity contribution in [2.45, 2.75) is 25.3 Å². The number of nitrogens with two attached hydrogens (primary N) is 2. The van der Waals surface area contributed by atoms with Crippen LogP contribution in [0.15, 0.2) is 48.5 Å². The Morgan fingerprint density at radius 2 is 1.97 bits per heavy atom. The summed E-state index contributed by atoms with van der Waals surface area (Å²) in [6.45, 7) is 1.19. The molecular formula is C23H23FN6O. The molecular weight excluding hydrogens is 395 g/mol. The zero-order valence-electron chi connectivity index (χ0n) is 17.0. The lowest BCUT2D eigenvalue weighted by atomic mass is 10.0. The number of carbonyl (C=O) groups is 1. The van der Waals surface area contributed by atoms with Gasteiger partial charge in [-0.2, -0.15) is 10.4 Å². The standard InChI is InChI=1S/C23H23FN6O/c24-19-6-2-1-4-17(19)12-15-7-9-16(10-8-15)21-20(23(27)31)22(26)30(28-21)18-5-3-11-29(13-18)14-25/h1-2,4,6-10,18H,3,5,11-13,26H2,(H2,27,31)/t18-/m0/s1. The van der Waals surface area contributed by atoms with E-state index in [1.807, 2.05) is 24.3 Å². The first-order chi connectivity index (χ1) is 15.0. The van der Waals surface area contributed by atoms with E-state index in [0.29, 0.717) is 36.3 Å². The molecule has 1 amide bonds. The highest BCUT2D eigenvalue weighted by Crippen LogP contribution is 2.32. The highest BCUT2D eigenvalue weighted by molar-refractivity contribution is 6.03. The average molecular weight is 418 g/mol. The van der Waals surface area contributed by atoms with E-state index < -0.39 is 5.91 Å². The van der Waals surface area contributed by atoms with Crippen LogP contribution in [-0.2, 0) is 6.42 Å². The monoisotopic (exact) mass is 418 g/mol. The van der Waals surface area contributed by atoms with Gasteiger partial charge >= 0.3 is 0 Å². The minimum Gasteiger partial charge on any atom is -0.383 e. The first-order valence-electron chi connectivity index (χ1n) is 10.1. The predicted octanol–water partition coefficient (Wildman–Crippen LogP) is 3.08. The molecule has 3 aromatic rings. The van der Waals surface area contributed by atoms with E-state index in [-0.39, 0.29) is 23.2 Å². The molecule has 31 heavy (non-hydrogen) atoms. The summed E-state index contributed by atoms with van der Waals surface area (Å²) >= 11 is 0. The molecule has 4 N–H and O–H groups in total. The number of hydrogen-bond donors (Lipinski definition) is 2. The SMILES string of the molecule is N#CN1CCC[C@H](n2nc(-c3ccc(Cc4ccccc4F)cc3)c(C(N)=O)c2N)C1. The normalized spacial score (nSPS) is 16.1. The second-order valence-electron chi connectivity index (χ2n) is 7.72. The third kappa shape index (κ3) is 4.08.